The smallest absolute Gasteiger partial charge is 0.338 e. The van der Waals surface area contributed by atoms with Crippen molar-refractivity contribution in [2.24, 2.45) is 0 Å². The molecule has 9 heteroatoms. The standard InChI is InChI=1S/C17H22N2O6S/c1-3-18(4-2)26(23,24)14-9-7-13(8-10-14)17(22)25-12-16(21)19-11-5-6-15(19)20/h7-10H,3-6,11-12H2,1-2H3. The van der Waals surface area contributed by atoms with E-state index in [1.807, 2.05) is 0 Å². The van der Waals surface area contributed by atoms with Gasteiger partial charge in [-0.25, -0.2) is 13.2 Å². The van der Waals surface area contributed by atoms with Crippen LogP contribution in [0.1, 0.15) is 37.0 Å². The number of esters is 1. The minimum atomic E-state index is -3.60. The summed E-state index contributed by atoms with van der Waals surface area (Å²) in [5, 5.41) is 0. The van der Waals surface area contributed by atoms with Gasteiger partial charge in [0.2, 0.25) is 15.9 Å². The maximum atomic E-state index is 12.4. The Morgan fingerprint density at radius 1 is 1.15 bits per heavy atom. The van der Waals surface area contributed by atoms with Gasteiger partial charge in [0.15, 0.2) is 6.61 Å². The molecule has 0 unspecified atom stereocenters. The lowest BCUT2D eigenvalue weighted by molar-refractivity contribution is -0.143. The highest BCUT2D eigenvalue weighted by Crippen LogP contribution is 2.17. The highest BCUT2D eigenvalue weighted by molar-refractivity contribution is 7.89. The van der Waals surface area contributed by atoms with Gasteiger partial charge in [-0.15, -0.1) is 0 Å². The van der Waals surface area contributed by atoms with Crippen LogP contribution >= 0.6 is 0 Å². The number of imide groups is 1. The predicted octanol–water partition coefficient (Wildman–Crippen LogP) is 1.02. The van der Waals surface area contributed by atoms with Gasteiger partial charge in [-0.2, -0.15) is 4.31 Å². The van der Waals surface area contributed by atoms with Crippen molar-refractivity contribution in [3.05, 3.63) is 29.8 Å². The molecule has 0 spiro atoms. The summed E-state index contributed by atoms with van der Waals surface area (Å²) in [6, 6.07) is 5.33. The number of ether oxygens (including phenoxy) is 1. The minimum absolute atomic E-state index is 0.0801. The minimum Gasteiger partial charge on any atom is -0.452 e. The summed E-state index contributed by atoms with van der Waals surface area (Å²) in [6.07, 6.45) is 0.934. The lowest BCUT2D eigenvalue weighted by Gasteiger charge is -2.18. The molecular formula is C17H22N2O6S. The molecule has 2 amide bonds. The van der Waals surface area contributed by atoms with Crippen molar-refractivity contribution in [3.8, 4) is 0 Å². The maximum absolute atomic E-state index is 12.4. The molecule has 1 heterocycles. The first kappa shape index (κ1) is 20.1. The third kappa shape index (κ3) is 4.28. The second-order valence-electron chi connectivity index (χ2n) is 5.73. The SMILES string of the molecule is CCN(CC)S(=O)(=O)c1ccc(C(=O)OCC(=O)N2CCCC2=O)cc1. The molecule has 0 aromatic heterocycles. The molecule has 1 fully saturated rings. The molecule has 1 aliphatic rings. The molecule has 0 bridgehead atoms. The van der Waals surface area contributed by atoms with Crippen LogP contribution in [-0.4, -0.2) is 61.6 Å². The molecular weight excluding hydrogens is 360 g/mol. The average Bonchev–Trinajstić information content (AvgIpc) is 3.06. The number of sulfonamides is 1. The van der Waals surface area contributed by atoms with Crippen LogP contribution in [0.15, 0.2) is 29.2 Å². The molecule has 1 aromatic rings. The first-order valence-corrected chi connectivity index (χ1v) is 9.85. The van der Waals surface area contributed by atoms with Crippen LogP contribution in [0.25, 0.3) is 0 Å². The summed E-state index contributed by atoms with van der Waals surface area (Å²) in [5.41, 5.74) is 0.129. The van der Waals surface area contributed by atoms with E-state index < -0.39 is 28.5 Å². The molecule has 8 nitrogen and oxygen atoms in total. The number of hydrogen-bond acceptors (Lipinski definition) is 6. The van der Waals surface area contributed by atoms with E-state index >= 15 is 0 Å². The number of likely N-dealkylation sites (tertiary alicyclic amines) is 1. The molecule has 1 aromatic carbocycles. The fourth-order valence-electron chi connectivity index (χ4n) is 2.68. The fourth-order valence-corrected chi connectivity index (χ4v) is 4.13. The Balaban J connectivity index is 2.00. The number of rotatable bonds is 7. The summed E-state index contributed by atoms with van der Waals surface area (Å²) in [7, 11) is -3.60. The van der Waals surface area contributed by atoms with Crippen molar-refractivity contribution in [2.75, 3.05) is 26.2 Å². The van der Waals surface area contributed by atoms with Crippen LogP contribution in [0.5, 0.6) is 0 Å². The second kappa shape index (κ2) is 8.41. The van der Waals surface area contributed by atoms with Gasteiger partial charge >= 0.3 is 5.97 Å². The van der Waals surface area contributed by atoms with Crippen molar-refractivity contribution in [3.63, 3.8) is 0 Å². The molecule has 0 saturated carbocycles. The summed E-state index contributed by atoms with van der Waals surface area (Å²) >= 11 is 0. The molecule has 1 saturated heterocycles. The zero-order valence-electron chi connectivity index (χ0n) is 14.8. The normalized spacial score (nSPS) is 14.7. The van der Waals surface area contributed by atoms with Crippen molar-refractivity contribution < 1.29 is 27.5 Å². The fraction of sp³-hybridized carbons (Fsp3) is 0.471. The first-order chi connectivity index (χ1) is 12.3. The quantitative estimate of drug-likeness (QED) is 0.653. The largest absolute Gasteiger partial charge is 0.452 e. The Kier molecular flexibility index (Phi) is 6.49. The second-order valence-corrected chi connectivity index (χ2v) is 7.67. The molecule has 0 aliphatic carbocycles. The van der Waals surface area contributed by atoms with Crippen LogP contribution in [0.4, 0.5) is 0 Å². The van der Waals surface area contributed by atoms with Gasteiger partial charge in [-0.05, 0) is 30.7 Å². The molecule has 1 aliphatic heterocycles. The Bertz CT molecular complexity index is 784. The van der Waals surface area contributed by atoms with E-state index in [1.54, 1.807) is 13.8 Å². The van der Waals surface area contributed by atoms with Gasteiger partial charge in [-0.1, -0.05) is 13.8 Å². The Morgan fingerprint density at radius 3 is 2.27 bits per heavy atom. The monoisotopic (exact) mass is 382 g/mol. The van der Waals surface area contributed by atoms with E-state index in [4.69, 9.17) is 4.74 Å². The van der Waals surface area contributed by atoms with Crippen LogP contribution < -0.4 is 0 Å². The Morgan fingerprint density at radius 2 is 1.77 bits per heavy atom. The zero-order valence-corrected chi connectivity index (χ0v) is 15.6. The van der Waals surface area contributed by atoms with E-state index in [-0.39, 0.29) is 16.4 Å². The van der Waals surface area contributed by atoms with Crippen molar-refractivity contribution in [1.82, 2.24) is 9.21 Å². The summed E-state index contributed by atoms with van der Waals surface area (Å²) in [6.45, 7) is 4.00. The average molecular weight is 382 g/mol. The van der Waals surface area contributed by atoms with Gasteiger partial charge in [0, 0.05) is 26.1 Å². The third-order valence-electron chi connectivity index (χ3n) is 4.13. The van der Waals surface area contributed by atoms with E-state index in [1.165, 1.54) is 28.6 Å². The van der Waals surface area contributed by atoms with Crippen molar-refractivity contribution in [2.45, 2.75) is 31.6 Å². The third-order valence-corrected chi connectivity index (χ3v) is 6.20. The molecule has 2 rings (SSSR count). The molecule has 0 atom stereocenters. The summed E-state index contributed by atoms with van der Waals surface area (Å²) in [5.74, 6) is -1.57. The number of nitrogens with zero attached hydrogens (tertiary/aromatic N) is 2. The lowest BCUT2D eigenvalue weighted by atomic mass is 10.2. The Hall–Kier alpha value is -2.26. The van der Waals surface area contributed by atoms with Gasteiger partial charge < -0.3 is 4.74 Å². The van der Waals surface area contributed by atoms with E-state index in [0.717, 1.165) is 4.90 Å². The number of amides is 2. The first-order valence-electron chi connectivity index (χ1n) is 8.41. The highest BCUT2D eigenvalue weighted by atomic mass is 32.2. The number of carbonyl (C=O) groups excluding carboxylic acids is 3. The molecule has 142 valence electrons. The van der Waals surface area contributed by atoms with Gasteiger partial charge in [-0.3, -0.25) is 14.5 Å². The van der Waals surface area contributed by atoms with Crippen LogP contribution in [-0.2, 0) is 24.3 Å². The van der Waals surface area contributed by atoms with Crippen LogP contribution in [0, 0.1) is 0 Å². The van der Waals surface area contributed by atoms with Crippen LogP contribution in [0.3, 0.4) is 0 Å². The van der Waals surface area contributed by atoms with E-state index in [0.29, 0.717) is 32.5 Å². The van der Waals surface area contributed by atoms with Gasteiger partial charge in [0.25, 0.3) is 5.91 Å². The van der Waals surface area contributed by atoms with Crippen LogP contribution in [0.2, 0.25) is 0 Å². The number of carbonyl (C=O) groups is 3. The lowest BCUT2D eigenvalue weighted by Crippen LogP contribution is -2.35. The van der Waals surface area contributed by atoms with Gasteiger partial charge in [0.05, 0.1) is 10.5 Å². The number of hydrogen-bond donors (Lipinski definition) is 0. The van der Waals surface area contributed by atoms with E-state index in [2.05, 4.69) is 0 Å². The topological polar surface area (TPSA) is 101 Å². The van der Waals surface area contributed by atoms with Crippen molar-refractivity contribution >= 4 is 27.8 Å². The zero-order chi connectivity index (χ0) is 19.3. The Labute approximate surface area is 152 Å². The molecule has 26 heavy (non-hydrogen) atoms. The summed E-state index contributed by atoms with van der Waals surface area (Å²) in [4.78, 5) is 36.5. The highest BCUT2D eigenvalue weighted by Gasteiger charge is 2.27. The van der Waals surface area contributed by atoms with E-state index in [9.17, 15) is 22.8 Å². The molecule has 0 radical (unpaired) electrons. The van der Waals surface area contributed by atoms with Gasteiger partial charge in [0.1, 0.15) is 0 Å². The maximum Gasteiger partial charge on any atom is 0.338 e. The predicted molar refractivity (Wildman–Crippen MR) is 92.8 cm³/mol. The molecule has 0 N–H and O–H groups in total. The van der Waals surface area contributed by atoms with Crippen molar-refractivity contribution in [1.29, 1.82) is 0 Å². The number of benzene rings is 1. The summed E-state index contributed by atoms with van der Waals surface area (Å²) < 4.78 is 31.0.